The van der Waals surface area contributed by atoms with E-state index in [1.807, 2.05) is 0 Å². The summed E-state index contributed by atoms with van der Waals surface area (Å²) >= 11 is 0. The Balaban J connectivity index is 1.72. The zero-order chi connectivity index (χ0) is 13.7. The van der Waals surface area contributed by atoms with Gasteiger partial charge < -0.3 is 10.2 Å². The van der Waals surface area contributed by atoms with E-state index in [2.05, 4.69) is 31.0 Å². The van der Waals surface area contributed by atoms with Gasteiger partial charge in [0.2, 0.25) is 0 Å². The van der Waals surface area contributed by atoms with Gasteiger partial charge in [-0.25, -0.2) is 0 Å². The summed E-state index contributed by atoms with van der Waals surface area (Å²) in [7, 11) is 0. The number of nitrogens with zero attached hydrogens (tertiary/aromatic N) is 1. The zero-order valence-electron chi connectivity index (χ0n) is 13.3. The molecule has 1 saturated heterocycles. The van der Waals surface area contributed by atoms with Gasteiger partial charge in [-0.15, -0.1) is 0 Å². The Bertz CT molecular complexity index is 244. The second kappa shape index (κ2) is 7.64. The summed E-state index contributed by atoms with van der Waals surface area (Å²) < 4.78 is 0. The van der Waals surface area contributed by atoms with Crippen LogP contribution in [0.3, 0.4) is 0 Å². The molecule has 0 bridgehead atoms. The van der Waals surface area contributed by atoms with E-state index in [1.165, 1.54) is 64.6 Å². The first-order valence-electron chi connectivity index (χ1n) is 8.67. The Morgan fingerprint density at radius 1 is 1.05 bits per heavy atom. The average Bonchev–Trinajstić information content (AvgIpc) is 2.41. The molecule has 0 amide bonds. The summed E-state index contributed by atoms with van der Waals surface area (Å²) in [4.78, 5) is 2.65. The van der Waals surface area contributed by atoms with Crippen molar-refractivity contribution in [2.75, 3.05) is 19.6 Å². The summed E-state index contributed by atoms with van der Waals surface area (Å²) in [6.45, 7) is 10.9. The van der Waals surface area contributed by atoms with Crippen molar-refractivity contribution in [3.63, 3.8) is 0 Å². The van der Waals surface area contributed by atoms with Crippen LogP contribution >= 0.6 is 0 Å². The minimum Gasteiger partial charge on any atom is -0.311 e. The van der Waals surface area contributed by atoms with E-state index in [9.17, 15) is 0 Å². The number of piperidine rings is 1. The first-order chi connectivity index (χ1) is 9.19. The minimum atomic E-state index is 0.792. The van der Waals surface area contributed by atoms with Crippen molar-refractivity contribution in [3.8, 4) is 0 Å². The largest absolute Gasteiger partial charge is 0.311 e. The molecule has 0 aromatic carbocycles. The van der Waals surface area contributed by atoms with Gasteiger partial charge in [-0.1, -0.05) is 40.0 Å². The standard InChI is InChI=1S/C17H34N2/c1-4-15-7-5-6-8-17(15)18-16-9-11-19(12-10-16)13-14(2)3/h14-18H,4-13H2,1-3H3. The van der Waals surface area contributed by atoms with Crippen LogP contribution < -0.4 is 5.32 Å². The molecular weight excluding hydrogens is 232 g/mol. The fourth-order valence-electron chi connectivity index (χ4n) is 4.02. The van der Waals surface area contributed by atoms with Crippen molar-refractivity contribution in [2.24, 2.45) is 11.8 Å². The van der Waals surface area contributed by atoms with Gasteiger partial charge in [0.15, 0.2) is 0 Å². The predicted octanol–water partition coefficient (Wildman–Crippen LogP) is 3.67. The lowest BCUT2D eigenvalue weighted by atomic mass is 9.82. The Labute approximate surface area is 120 Å². The molecule has 0 aromatic heterocycles. The molecule has 2 aliphatic rings. The Morgan fingerprint density at radius 2 is 1.74 bits per heavy atom. The molecule has 1 aliphatic heterocycles. The van der Waals surface area contributed by atoms with Crippen molar-refractivity contribution < 1.29 is 0 Å². The molecule has 19 heavy (non-hydrogen) atoms. The molecule has 2 nitrogen and oxygen atoms in total. The monoisotopic (exact) mass is 266 g/mol. The van der Waals surface area contributed by atoms with E-state index in [1.54, 1.807) is 0 Å². The van der Waals surface area contributed by atoms with E-state index >= 15 is 0 Å². The molecule has 0 spiro atoms. The maximum atomic E-state index is 4.01. The summed E-state index contributed by atoms with van der Waals surface area (Å²) in [6, 6.07) is 1.61. The van der Waals surface area contributed by atoms with E-state index in [0.29, 0.717) is 0 Å². The minimum absolute atomic E-state index is 0.792. The van der Waals surface area contributed by atoms with E-state index in [0.717, 1.165) is 23.9 Å². The third-order valence-electron chi connectivity index (χ3n) is 5.09. The first kappa shape index (κ1) is 15.3. The third kappa shape index (κ3) is 4.75. The van der Waals surface area contributed by atoms with E-state index in [4.69, 9.17) is 0 Å². The molecule has 2 unspecified atom stereocenters. The highest BCUT2D eigenvalue weighted by molar-refractivity contribution is 4.86. The molecule has 2 heteroatoms. The van der Waals surface area contributed by atoms with Crippen molar-refractivity contribution in [3.05, 3.63) is 0 Å². The van der Waals surface area contributed by atoms with Crippen LogP contribution in [0.5, 0.6) is 0 Å². The summed E-state index contributed by atoms with van der Waals surface area (Å²) in [5.74, 6) is 1.76. The predicted molar refractivity (Wildman–Crippen MR) is 83.5 cm³/mol. The number of hydrogen-bond acceptors (Lipinski definition) is 2. The van der Waals surface area contributed by atoms with Gasteiger partial charge in [0.1, 0.15) is 0 Å². The molecule has 1 heterocycles. The maximum Gasteiger partial charge on any atom is 0.00978 e. The molecule has 2 rings (SSSR count). The average molecular weight is 266 g/mol. The molecular formula is C17H34N2. The lowest BCUT2D eigenvalue weighted by Crippen LogP contribution is -2.49. The van der Waals surface area contributed by atoms with E-state index < -0.39 is 0 Å². The normalized spacial score (nSPS) is 30.9. The number of rotatable bonds is 5. The summed E-state index contributed by atoms with van der Waals surface area (Å²) in [6.07, 6.45) is 9.87. The second-order valence-corrected chi connectivity index (χ2v) is 7.19. The van der Waals surface area contributed by atoms with Crippen molar-refractivity contribution in [1.82, 2.24) is 10.2 Å². The van der Waals surface area contributed by atoms with Crippen LogP contribution in [0.1, 0.15) is 65.7 Å². The summed E-state index contributed by atoms with van der Waals surface area (Å²) in [5.41, 5.74) is 0. The quantitative estimate of drug-likeness (QED) is 0.817. The van der Waals surface area contributed by atoms with Crippen LogP contribution in [0, 0.1) is 11.8 Å². The topological polar surface area (TPSA) is 15.3 Å². The van der Waals surface area contributed by atoms with Crippen LogP contribution in [0.4, 0.5) is 0 Å². The van der Waals surface area contributed by atoms with Crippen LogP contribution in [0.25, 0.3) is 0 Å². The van der Waals surface area contributed by atoms with Gasteiger partial charge in [0, 0.05) is 18.6 Å². The number of nitrogens with one attached hydrogen (secondary N) is 1. The highest BCUT2D eigenvalue weighted by Crippen LogP contribution is 2.28. The molecule has 2 fully saturated rings. The van der Waals surface area contributed by atoms with Gasteiger partial charge in [-0.2, -0.15) is 0 Å². The van der Waals surface area contributed by atoms with Gasteiger partial charge in [-0.3, -0.25) is 0 Å². The molecule has 0 aromatic rings. The van der Waals surface area contributed by atoms with Crippen LogP contribution in [-0.4, -0.2) is 36.6 Å². The summed E-state index contributed by atoms with van der Waals surface area (Å²) in [5, 5.41) is 4.01. The fourth-order valence-corrected chi connectivity index (χ4v) is 4.02. The third-order valence-corrected chi connectivity index (χ3v) is 5.09. The number of likely N-dealkylation sites (tertiary alicyclic amines) is 1. The lowest BCUT2D eigenvalue weighted by molar-refractivity contribution is 0.155. The van der Waals surface area contributed by atoms with Crippen molar-refractivity contribution in [2.45, 2.75) is 77.8 Å². The van der Waals surface area contributed by atoms with Crippen molar-refractivity contribution >= 4 is 0 Å². The van der Waals surface area contributed by atoms with Gasteiger partial charge >= 0.3 is 0 Å². The van der Waals surface area contributed by atoms with Crippen molar-refractivity contribution in [1.29, 1.82) is 0 Å². The second-order valence-electron chi connectivity index (χ2n) is 7.19. The zero-order valence-corrected chi connectivity index (χ0v) is 13.3. The highest BCUT2D eigenvalue weighted by atomic mass is 15.1. The Kier molecular flexibility index (Phi) is 6.15. The molecule has 112 valence electrons. The SMILES string of the molecule is CCC1CCCCC1NC1CCN(CC(C)C)CC1. The Hall–Kier alpha value is -0.0800. The lowest BCUT2D eigenvalue weighted by Gasteiger charge is -2.39. The molecule has 1 saturated carbocycles. The van der Waals surface area contributed by atoms with E-state index in [-0.39, 0.29) is 0 Å². The maximum absolute atomic E-state index is 4.01. The Morgan fingerprint density at radius 3 is 2.37 bits per heavy atom. The smallest absolute Gasteiger partial charge is 0.00978 e. The molecule has 2 atom stereocenters. The highest BCUT2D eigenvalue weighted by Gasteiger charge is 2.27. The number of hydrogen-bond donors (Lipinski definition) is 1. The van der Waals surface area contributed by atoms with Gasteiger partial charge in [-0.05, 0) is 50.6 Å². The van der Waals surface area contributed by atoms with Gasteiger partial charge in [0.25, 0.3) is 0 Å². The van der Waals surface area contributed by atoms with Crippen LogP contribution in [-0.2, 0) is 0 Å². The van der Waals surface area contributed by atoms with Gasteiger partial charge in [0.05, 0.1) is 0 Å². The fraction of sp³-hybridized carbons (Fsp3) is 1.00. The van der Waals surface area contributed by atoms with Crippen LogP contribution in [0.2, 0.25) is 0 Å². The molecule has 1 aliphatic carbocycles. The van der Waals surface area contributed by atoms with Crippen LogP contribution in [0.15, 0.2) is 0 Å². The first-order valence-corrected chi connectivity index (χ1v) is 8.67. The molecule has 0 radical (unpaired) electrons. The molecule has 1 N–H and O–H groups in total.